The van der Waals surface area contributed by atoms with E-state index in [2.05, 4.69) is 5.32 Å². The maximum Gasteiger partial charge on any atom is 0.310 e. The van der Waals surface area contributed by atoms with Crippen molar-refractivity contribution in [1.82, 2.24) is 0 Å². The first-order valence-electron chi connectivity index (χ1n) is 7.68. The van der Waals surface area contributed by atoms with Gasteiger partial charge in [-0.05, 0) is 36.8 Å². The van der Waals surface area contributed by atoms with Crippen LogP contribution in [0.25, 0.3) is 0 Å². The van der Waals surface area contributed by atoms with Crippen molar-refractivity contribution in [3.63, 3.8) is 0 Å². The Bertz CT molecular complexity index is 785. The number of hydrogen-bond acceptors (Lipinski definition) is 5. The van der Waals surface area contributed by atoms with Gasteiger partial charge in [0, 0.05) is 5.56 Å². The predicted molar refractivity (Wildman–Crippen MR) is 92.7 cm³/mol. The van der Waals surface area contributed by atoms with E-state index in [9.17, 15) is 14.4 Å². The van der Waals surface area contributed by atoms with Crippen molar-refractivity contribution in [2.45, 2.75) is 13.3 Å². The van der Waals surface area contributed by atoms with E-state index in [1.54, 1.807) is 55.6 Å². The zero-order valence-corrected chi connectivity index (χ0v) is 14.1. The van der Waals surface area contributed by atoms with E-state index in [1.807, 2.05) is 0 Å². The van der Waals surface area contributed by atoms with Crippen LogP contribution in [0.2, 0.25) is 0 Å². The van der Waals surface area contributed by atoms with Gasteiger partial charge in [-0.3, -0.25) is 14.4 Å². The smallest absolute Gasteiger partial charge is 0.310 e. The highest BCUT2D eigenvalue weighted by atomic mass is 16.5. The van der Waals surface area contributed by atoms with Gasteiger partial charge in [0.05, 0.1) is 19.2 Å². The van der Waals surface area contributed by atoms with E-state index in [4.69, 9.17) is 9.47 Å². The number of esters is 1. The lowest BCUT2D eigenvalue weighted by atomic mass is 10.1. The number of para-hydroxylation sites is 1. The third kappa shape index (κ3) is 5.46. The third-order valence-corrected chi connectivity index (χ3v) is 3.43. The fourth-order valence-corrected chi connectivity index (χ4v) is 2.23. The van der Waals surface area contributed by atoms with Crippen LogP contribution in [0.1, 0.15) is 22.8 Å². The first-order chi connectivity index (χ1) is 12.0. The highest BCUT2D eigenvalue weighted by Crippen LogP contribution is 2.16. The summed E-state index contributed by atoms with van der Waals surface area (Å²) in [5.74, 6) is -0.550. The highest BCUT2D eigenvalue weighted by Gasteiger charge is 2.12. The molecule has 0 aliphatic rings. The van der Waals surface area contributed by atoms with Gasteiger partial charge in [-0.15, -0.1) is 0 Å². The molecule has 0 unspecified atom stereocenters. The number of ketones is 1. The summed E-state index contributed by atoms with van der Waals surface area (Å²) in [6.45, 7) is 0.994. The average Bonchev–Trinajstić information content (AvgIpc) is 2.60. The van der Waals surface area contributed by atoms with Gasteiger partial charge in [-0.25, -0.2) is 0 Å². The van der Waals surface area contributed by atoms with E-state index in [-0.39, 0.29) is 12.2 Å². The van der Waals surface area contributed by atoms with E-state index in [0.717, 1.165) is 5.56 Å². The van der Waals surface area contributed by atoms with Crippen LogP contribution in [0.4, 0.5) is 5.69 Å². The standard InChI is InChI=1S/C19H19NO5/c1-13(21)16-8-3-4-9-17(16)20-18(22)12-25-19(23)11-14-6-5-7-15(10-14)24-2/h3-10H,11-12H2,1-2H3,(H,20,22). The minimum Gasteiger partial charge on any atom is -0.497 e. The molecule has 0 atom stereocenters. The van der Waals surface area contributed by atoms with Crippen LogP contribution in [-0.2, 0) is 20.7 Å². The molecule has 0 aliphatic heterocycles. The largest absolute Gasteiger partial charge is 0.497 e. The molecule has 2 aromatic rings. The predicted octanol–water partition coefficient (Wildman–Crippen LogP) is 2.62. The summed E-state index contributed by atoms with van der Waals surface area (Å²) >= 11 is 0. The number of carbonyl (C=O) groups is 3. The summed E-state index contributed by atoms with van der Waals surface area (Å²) in [5.41, 5.74) is 1.52. The fraction of sp³-hybridized carbons (Fsp3) is 0.211. The number of carbonyl (C=O) groups excluding carboxylic acids is 3. The van der Waals surface area contributed by atoms with Gasteiger partial charge in [-0.2, -0.15) is 0 Å². The van der Waals surface area contributed by atoms with Crippen LogP contribution in [0, 0.1) is 0 Å². The van der Waals surface area contributed by atoms with E-state index in [1.165, 1.54) is 6.92 Å². The molecule has 2 aromatic carbocycles. The summed E-state index contributed by atoms with van der Waals surface area (Å²) in [5, 5.41) is 2.57. The molecule has 0 heterocycles. The molecule has 130 valence electrons. The van der Waals surface area contributed by atoms with Gasteiger partial charge in [0.1, 0.15) is 5.75 Å². The van der Waals surface area contributed by atoms with Gasteiger partial charge in [0.15, 0.2) is 12.4 Å². The van der Waals surface area contributed by atoms with Crippen LogP contribution in [0.3, 0.4) is 0 Å². The van der Waals surface area contributed by atoms with Crippen LogP contribution in [-0.4, -0.2) is 31.4 Å². The molecular formula is C19H19NO5. The minimum atomic E-state index is -0.525. The summed E-state index contributed by atoms with van der Waals surface area (Å²) in [6, 6.07) is 13.7. The van der Waals surface area contributed by atoms with Crippen LogP contribution in [0.15, 0.2) is 48.5 Å². The van der Waals surface area contributed by atoms with Crippen molar-refractivity contribution in [3.8, 4) is 5.75 Å². The van der Waals surface area contributed by atoms with Crippen molar-refractivity contribution >= 4 is 23.3 Å². The van der Waals surface area contributed by atoms with Crippen LogP contribution >= 0.6 is 0 Å². The zero-order chi connectivity index (χ0) is 18.2. The number of hydrogen-bond donors (Lipinski definition) is 1. The third-order valence-electron chi connectivity index (χ3n) is 3.43. The Kier molecular flexibility index (Phi) is 6.28. The van der Waals surface area contributed by atoms with E-state index < -0.39 is 18.5 Å². The molecule has 0 aliphatic carbocycles. The number of ether oxygens (including phenoxy) is 2. The summed E-state index contributed by atoms with van der Waals surface area (Å²) in [6.07, 6.45) is 0.0362. The van der Waals surface area contributed by atoms with Gasteiger partial charge in [0.2, 0.25) is 0 Å². The molecule has 1 amide bonds. The fourth-order valence-electron chi connectivity index (χ4n) is 2.23. The second-order valence-electron chi connectivity index (χ2n) is 5.34. The average molecular weight is 341 g/mol. The molecule has 0 spiro atoms. The molecule has 6 heteroatoms. The summed E-state index contributed by atoms with van der Waals surface area (Å²) in [4.78, 5) is 35.3. The molecule has 2 rings (SSSR count). The number of anilines is 1. The molecule has 0 fully saturated rings. The van der Waals surface area contributed by atoms with E-state index >= 15 is 0 Å². The lowest BCUT2D eigenvalue weighted by molar-refractivity contribution is -0.146. The van der Waals surface area contributed by atoms with Gasteiger partial charge in [-0.1, -0.05) is 24.3 Å². The van der Waals surface area contributed by atoms with Crippen molar-refractivity contribution in [2.24, 2.45) is 0 Å². The molecule has 0 bridgehead atoms. The Labute approximate surface area is 145 Å². The monoisotopic (exact) mass is 341 g/mol. The highest BCUT2D eigenvalue weighted by molar-refractivity contribution is 6.04. The first-order valence-corrected chi connectivity index (χ1v) is 7.68. The van der Waals surface area contributed by atoms with Gasteiger partial charge >= 0.3 is 5.97 Å². The van der Waals surface area contributed by atoms with Crippen molar-refractivity contribution < 1.29 is 23.9 Å². The molecule has 0 radical (unpaired) electrons. The van der Waals surface area contributed by atoms with Crippen LogP contribution in [0.5, 0.6) is 5.75 Å². The number of methoxy groups -OCH3 is 1. The molecule has 25 heavy (non-hydrogen) atoms. The molecule has 0 saturated heterocycles. The Balaban J connectivity index is 1.87. The molecular weight excluding hydrogens is 322 g/mol. The quantitative estimate of drug-likeness (QED) is 0.618. The number of amides is 1. The number of Topliss-reactive ketones (excluding diaryl/α,β-unsaturated/α-hetero) is 1. The maximum atomic E-state index is 11.9. The van der Waals surface area contributed by atoms with Crippen LogP contribution < -0.4 is 10.1 Å². The van der Waals surface area contributed by atoms with Crippen molar-refractivity contribution in [3.05, 3.63) is 59.7 Å². The second-order valence-corrected chi connectivity index (χ2v) is 5.34. The maximum absolute atomic E-state index is 11.9. The number of benzene rings is 2. The Morgan fingerprint density at radius 2 is 1.80 bits per heavy atom. The number of nitrogens with one attached hydrogen (secondary N) is 1. The van der Waals surface area contributed by atoms with E-state index in [0.29, 0.717) is 17.0 Å². The Morgan fingerprint density at radius 1 is 1.04 bits per heavy atom. The topological polar surface area (TPSA) is 81.7 Å². The lowest BCUT2D eigenvalue weighted by Gasteiger charge is -2.09. The second kappa shape index (κ2) is 8.63. The van der Waals surface area contributed by atoms with Crippen molar-refractivity contribution in [1.29, 1.82) is 0 Å². The van der Waals surface area contributed by atoms with Gasteiger partial charge < -0.3 is 14.8 Å². The Morgan fingerprint density at radius 3 is 2.52 bits per heavy atom. The molecule has 0 saturated carbocycles. The molecule has 6 nitrogen and oxygen atoms in total. The normalized spacial score (nSPS) is 10.0. The molecule has 1 N–H and O–H groups in total. The SMILES string of the molecule is COc1cccc(CC(=O)OCC(=O)Nc2ccccc2C(C)=O)c1. The summed E-state index contributed by atoms with van der Waals surface area (Å²) < 4.78 is 10.1. The summed E-state index contributed by atoms with van der Waals surface area (Å²) in [7, 11) is 1.54. The zero-order valence-electron chi connectivity index (χ0n) is 14.1. The van der Waals surface area contributed by atoms with Gasteiger partial charge in [0.25, 0.3) is 5.91 Å². The molecule has 0 aromatic heterocycles. The lowest BCUT2D eigenvalue weighted by Crippen LogP contribution is -2.22. The van der Waals surface area contributed by atoms with Crippen molar-refractivity contribution in [2.75, 3.05) is 19.0 Å². The Hall–Kier alpha value is -3.15. The minimum absolute atomic E-state index is 0.0362. The number of rotatable bonds is 7. The first kappa shape index (κ1) is 18.2.